The number of piperazine rings is 1. The van der Waals surface area contributed by atoms with Crippen LogP contribution in [0.25, 0.3) is 10.2 Å². The Kier molecular flexibility index (Phi) is 5.67. The molecule has 0 spiro atoms. The average Bonchev–Trinajstić information content (AvgIpc) is 3.19. The van der Waals surface area contributed by atoms with Crippen LogP contribution in [0.5, 0.6) is 0 Å². The smallest absolute Gasteiger partial charge is 0.322 e. The SMILES string of the molecule is CCc1nc(N2CCN(C(=O)Nc3ccc(F)cc3F)CC2)c2c3c(sc2n1)CCCC3. The minimum absolute atomic E-state index is 0.0196. The molecular formula is C23H25F2N5OS. The molecule has 0 saturated carbocycles. The molecule has 1 aromatic carbocycles. The first-order valence-corrected chi connectivity index (χ1v) is 11.9. The highest BCUT2D eigenvalue weighted by Crippen LogP contribution is 2.40. The summed E-state index contributed by atoms with van der Waals surface area (Å²) >= 11 is 1.80. The summed E-state index contributed by atoms with van der Waals surface area (Å²) in [5, 5.41) is 3.74. The number of nitrogens with zero attached hydrogens (tertiary/aromatic N) is 4. The summed E-state index contributed by atoms with van der Waals surface area (Å²) in [6.07, 6.45) is 5.39. The number of urea groups is 1. The van der Waals surface area contributed by atoms with E-state index in [1.165, 1.54) is 34.7 Å². The lowest BCUT2D eigenvalue weighted by Gasteiger charge is -2.36. The second-order valence-corrected chi connectivity index (χ2v) is 9.32. The number of amides is 2. The van der Waals surface area contributed by atoms with Crippen molar-refractivity contribution in [2.45, 2.75) is 39.0 Å². The van der Waals surface area contributed by atoms with Crippen LogP contribution in [0.3, 0.4) is 0 Å². The first-order chi connectivity index (χ1) is 15.5. The van der Waals surface area contributed by atoms with Gasteiger partial charge in [-0.25, -0.2) is 23.5 Å². The summed E-state index contributed by atoms with van der Waals surface area (Å²) in [4.78, 5) is 28.7. The van der Waals surface area contributed by atoms with Gasteiger partial charge in [-0.05, 0) is 43.4 Å². The molecule has 1 saturated heterocycles. The Labute approximate surface area is 189 Å². The number of carbonyl (C=O) groups excluding carboxylic acids is 1. The molecule has 1 aliphatic heterocycles. The highest BCUT2D eigenvalue weighted by Gasteiger charge is 2.27. The average molecular weight is 458 g/mol. The van der Waals surface area contributed by atoms with Crippen molar-refractivity contribution < 1.29 is 13.6 Å². The molecule has 9 heteroatoms. The number of hydrogen-bond donors (Lipinski definition) is 1. The molecule has 6 nitrogen and oxygen atoms in total. The number of thiophene rings is 1. The van der Waals surface area contributed by atoms with Crippen LogP contribution in [0.4, 0.5) is 25.1 Å². The maximum Gasteiger partial charge on any atom is 0.322 e. The van der Waals surface area contributed by atoms with E-state index in [9.17, 15) is 13.6 Å². The van der Waals surface area contributed by atoms with Gasteiger partial charge in [0.15, 0.2) is 0 Å². The highest BCUT2D eigenvalue weighted by molar-refractivity contribution is 7.19. The monoisotopic (exact) mass is 457 g/mol. The van der Waals surface area contributed by atoms with E-state index < -0.39 is 11.6 Å². The molecular weight excluding hydrogens is 432 g/mol. The van der Waals surface area contributed by atoms with Gasteiger partial charge in [-0.2, -0.15) is 0 Å². The van der Waals surface area contributed by atoms with Crippen LogP contribution in [-0.4, -0.2) is 47.1 Å². The first-order valence-electron chi connectivity index (χ1n) is 11.1. The van der Waals surface area contributed by atoms with Gasteiger partial charge < -0.3 is 15.1 Å². The van der Waals surface area contributed by atoms with Gasteiger partial charge in [0.2, 0.25) is 0 Å². The van der Waals surface area contributed by atoms with Crippen molar-refractivity contribution in [1.29, 1.82) is 0 Å². The van der Waals surface area contributed by atoms with Gasteiger partial charge in [-0.3, -0.25) is 0 Å². The van der Waals surface area contributed by atoms with Gasteiger partial charge in [-0.15, -0.1) is 11.3 Å². The Morgan fingerprint density at radius 3 is 2.66 bits per heavy atom. The lowest BCUT2D eigenvalue weighted by Crippen LogP contribution is -2.50. The summed E-state index contributed by atoms with van der Waals surface area (Å²) in [7, 11) is 0. The Morgan fingerprint density at radius 2 is 1.91 bits per heavy atom. The lowest BCUT2D eigenvalue weighted by atomic mass is 9.97. The molecule has 32 heavy (non-hydrogen) atoms. The zero-order chi connectivity index (χ0) is 22.2. The number of anilines is 2. The van der Waals surface area contributed by atoms with E-state index in [-0.39, 0.29) is 11.7 Å². The molecule has 0 radical (unpaired) electrons. The molecule has 5 rings (SSSR count). The molecule has 3 heterocycles. The molecule has 2 aliphatic rings. The van der Waals surface area contributed by atoms with Crippen LogP contribution in [0, 0.1) is 11.6 Å². The van der Waals surface area contributed by atoms with Gasteiger partial charge in [0.1, 0.15) is 28.1 Å². The molecule has 3 aromatic rings. The predicted octanol–water partition coefficient (Wildman–Crippen LogP) is 4.76. The third-order valence-electron chi connectivity index (χ3n) is 6.20. The van der Waals surface area contributed by atoms with Crippen LogP contribution in [0.15, 0.2) is 18.2 Å². The Morgan fingerprint density at radius 1 is 1.12 bits per heavy atom. The normalized spacial score (nSPS) is 16.3. The predicted molar refractivity (Wildman–Crippen MR) is 123 cm³/mol. The quantitative estimate of drug-likeness (QED) is 0.616. The number of halogens is 2. The third kappa shape index (κ3) is 3.90. The van der Waals surface area contributed by atoms with Gasteiger partial charge >= 0.3 is 6.03 Å². The molecule has 1 N–H and O–H groups in total. The summed E-state index contributed by atoms with van der Waals surface area (Å²) in [6, 6.07) is 2.75. The minimum Gasteiger partial charge on any atom is -0.352 e. The van der Waals surface area contributed by atoms with E-state index in [1.54, 1.807) is 16.2 Å². The largest absolute Gasteiger partial charge is 0.352 e. The van der Waals surface area contributed by atoms with E-state index >= 15 is 0 Å². The zero-order valence-electron chi connectivity index (χ0n) is 18.0. The number of aryl methyl sites for hydroxylation is 3. The van der Waals surface area contributed by atoms with E-state index in [4.69, 9.17) is 9.97 Å². The van der Waals surface area contributed by atoms with Gasteiger partial charge in [-0.1, -0.05) is 6.92 Å². The summed E-state index contributed by atoms with van der Waals surface area (Å²) < 4.78 is 27.0. The fourth-order valence-electron chi connectivity index (χ4n) is 4.47. The fraction of sp³-hybridized carbons (Fsp3) is 0.435. The fourth-order valence-corrected chi connectivity index (χ4v) is 5.75. The molecule has 2 aromatic heterocycles. The van der Waals surface area contributed by atoms with Crippen molar-refractivity contribution >= 4 is 39.1 Å². The molecule has 0 unspecified atom stereocenters. The number of aromatic nitrogens is 2. The third-order valence-corrected chi connectivity index (χ3v) is 7.38. The number of benzene rings is 1. The summed E-state index contributed by atoms with van der Waals surface area (Å²) in [5.74, 6) is 0.371. The van der Waals surface area contributed by atoms with Crippen molar-refractivity contribution in [2.75, 3.05) is 36.4 Å². The summed E-state index contributed by atoms with van der Waals surface area (Å²) in [5.41, 5.74) is 1.38. The topological polar surface area (TPSA) is 61.4 Å². The van der Waals surface area contributed by atoms with Crippen LogP contribution in [-0.2, 0) is 19.3 Å². The Balaban J connectivity index is 1.35. The van der Waals surface area contributed by atoms with E-state index in [0.29, 0.717) is 26.2 Å². The van der Waals surface area contributed by atoms with E-state index in [2.05, 4.69) is 17.1 Å². The van der Waals surface area contributed by atoms with E-state index in [1.807, 2.05) is 0 Å². The van der Waals surface area contributed by atoms with Crippen LogP contribution >= 0.6 is 11.3 Å². The van der Waals surface area contributed by atoms with Crippen molar-refractivity contribution in [3.63, 3.8) is 0 Å². The Hall–Kier alpha value is -2.81. The molecule has 0 atom stereocenters. The first kappa shape index (κ1) is 21.1. The lowest BCUT2D eigenvalue weighted by molar-refractivity contribution is 0.208. The minimum atomic E-state index is -0.783. The summed E-state index contributed by atoms with van der Waals surface area (Å²) in [6.45, 7) is 4.33. The van der Waals surface area contributed by atoms with Crippen molar-refractivity contribution in [3.8, 4) is 0 Å². The highest BCUT2D eigenvalue weighted by atomic mass is 32.1. The molecule has 1 aliphatic carbocycles. The maximum absolute atomic E-state index is 13.9. The number of rotatable bonds is 3. The maximum atomic E-state index is 13.9. The van der Waals surface area contributed by atoms with Crippen LogP contribution in [0.2, 0.25) is 0 Å². The van der Waals surface area contributed by atoms with Crippen molar-refractivity contribution in [1.82, 2.24) is 14.9 Å². The van der Waals surface area contributed by atoms with Crippen LogP contribution < -0.4 is 10.2 Å². The van der Waals surface area contributed by atoms with Gasteiger partial charge in [0, 0.05) is 43.5 Å². The Bertz CT molecular complexity index is 1170. The van der Waals surface area contributed by atoms with Crippen LogP contribution in [0.1, 0.15) is 36.0 Å². The standard InChI is InChI=1S/C23H25F2N5OS/c1-2-19-27-21(20-15-5-3-4-6-18(15)32-22(20)28-19)29-9-11-30(12-10-29)23(31)26-17-8-7-14(24)13-16(17)25/h7-8,13H,2-6,9-12H2,1H3,(H,26,31). The van der Waals surface area contributed by atoms with Crippen molar-refractivity contribution in [3.05, 3.63) is 46.1 Å². The molecule has 2 amide bonds. The zero-order valence-corrected chi connectivity index (χ0v) is 18.8. The second kappa shape index (κ2) is 8.61. The van der Waals surface area contributed by atoms with Gasteiger partial charge in [0.05, 0.1) is 11.1 Å². The second-order valence-electron chi connectivity index (χ2n) is 8.24. The van der Waals surface area contributed by atoms with Crippen molar-refractivity contribution in [2.24, 2.45) is 0 Å². The van der Waals surface area contributed by atoms with Gasteiger partial charge in [0.25, 0.3) is 0 Å². The molecule has 0 bridgehead atoms. The van der Waals surface area contributed by atoms with E-state index in [0.717, 1.165) is 47.9 Å². The number of nitrogens with one attached hydrogen (secondary N) is 1. The number of carbonyl (C=O) groups is 1. The molecule has 1 fully saturated rings. The number of fused-ring (bicyclic) bond motifs is 3. The molecule has 168 valence electrons. The number of hydrogen-bond acceptors (Lipinski definition) is 5.